The minimum Gasteiger partial charge on any atom is -0.309 e. The third kappa shape index (κ3) is 3.16. The van der Waals surface area contributed by atoms with Gasteiger partial charge in [-0.2, -0.15) is 0 Å². The van der Waals surface area contributed by atoms with Crippen molar-refractivity contribution < 1.29 is 0 Å². The molecule has 6 atom stereocenters. The highest BCUT2D eigenvalue weighted by atomic mass is 32.1. The van der Waals surface area contributed by atoms with E-state index in [9.17, 15) is 0 Å². The monoisotopic (exact) mass is 667 g/mol. The topological polar surface area (TPSA) is 3.24 Å². The summed E-state index contributed by atoms with van der Waals surface area (Å²) in [5, 5.41) is 2.73. The van der Waals surface area contributed by atoms with Crippen molar-refractivity contribution in [3.8, 4) is 11.1 Å². The second-order valence-corrected chi connectivity index (χ2v) is 19.4. The molecule has 6 aliphatic carbocycles. The van der Waals surface area contributed by atoms with E-state index in [-0.39, 0.29) is 16.2 Å². The van der Waals surface area contributed by atoms with Crippen LogP contribution in [0, 0.1) is 29.1 Å². The zero-order valence-electron chi connectivity index (χ0n) is 29.7. The largest absolute Gasteiger partial charge is 0.309 e. The Morgan fingerprint density at radius 1 is 0.620 bits per heavy atom. The molecule has 4 fully saturated rings. The first kappa shape index (κ1) is 28.8. The van der Waals surface area contributed by atoms with Crippen molar-refractivity contribution >= 4 is 48.6 Å². The lowest BCUT2D eigenvalue weighted by Crippen LogP contribution is -2.73. The molecule has 0 saturated heterocycles. The van der Waals surface area contributed by atoms with Crippen molar-refractivity contribution in [3.05, 3.63) is 125 Å². The standard InChI is InChI=1S/C48H45NS/c1-45(2)21-22-46(3,4)43-36(45)15-10-16-38(43)49(39-17-9-13-34-33-12-6-8-18-40(33)50-44(34)39)30-19-20-32-31-11-5-7-14-35(31)48(37(32)26-30)41-24-28-23-29-25-42(48)47(29,41)27-28/h5-20,26,28-29,41-42H,21-25,27H2,1-4H3. The highest BCUT2D eigenvalue weighted by Crippen LogP contribution is 2.89. The van der Waals surface area contributed by atoms with Gasteiger partial charge >= 0.3 is 0 Å². The molecule has 0 radical (unpaired) electrons. The van der Waals surface area contributed by atoms with Crippen LogP contribution in [0.3, 0.4) is 0 Å². The molecule has 1 heterocycles. The van der Waals surface area contributed by atoms with E-state index in [4.69, 9.17) is 0 Å². The molecule has 2 bridgehead atoms. The van der Waals surface area contributed by atoms with Gasteiger partial charge in [-0.05, 0) is 142 Å². The Balaban J connectivity index is 1.14. The fourth-order valence-corrected chi connectivity index (χ4v) is 14.9. The molecular formula is C48H45NS. The number of hydrogen-bond acceptors (Lipinski definition) is 2. The van der Waals surface area contributed by atoms with Gasteiger partial charge in [0, 0.05) is 26.6 Å². The third-order valence-corrected chi connectivity index (χ3v) is 16.8. The summed E-state index contributed by atoms with van der Waals surface area (Å²) in [6.07, 6.45) is 8.30. The lowest BCUT2D eigenvalue weighted by Gasteiger charge is -2.76. The molecule has 2 heteroatoms. The number of fused-ring (bicyclic) bond motifs is 12. The van der Waals surface area contributed by atoms with Crippen LogP contribution in [-0.2, 0) is 16.2 Å². The highest BCUT2D eigenvalue weighted by Gasteiger charge is 2.84. The van der Waals surface area contributed by atoms with Crippen molar-refractivity contribution in [2.24, 2.45) is 29.1 Å². The molecule has 0 N–H and O–H groups in total. The summed E-state index contributed by atoms with van der Waals surface area (Å²) in [6.45, 7) is 9.91. The summed E-state index contributed by atoms with van der Waals surface area (Å²) in [5.41, 5.74) is 14.4. The van der Waals surface area contributed by atoms with Crippen LogP contribution in [0.4, 0.5) is 17.1 Å². The molecule has 6 unspecified atom stereocenters. The Kier molecular flexibility index (Phi) is 5.25. The first-order valence-corrected chi connectivity index (χ1v) is 20.1. The molecule has 4 saturated carbocycles. The predicted octanol–water partition coefficient (Wildman–Crippen LogP) is 13.2. The summed E-state index contributed by atoms with van der Waals surface area (Å²) in [4.78, 5) is 2.70. The number of rotatable bonds is 3. The smallest absolute Gasteiger partial charge is 0.0640 e. The second kappa shape index (κ2) is 9.12. The van der Waals surface area contributed by atoms with E-state index >= 15 is 0 Å². The Labute approximate surface area is 300 Å². The van der Waals surface area contributed by atoms with Crippen molar-refractivity contribution in [3.63, 3.8) is 0 Å². The van der Waals surface area contributed by atoms with E-state index in [1.807, 2.05) is 11.3 Å². The number of nitrogens with zero attached hydrogens (tertiary/aromatic N) is 1. The van der Waals surface area contributed by atoms with Crippen LogP contribution in [-0.4, -0.2) is 0 Å². The van der Waals surface area contributed by atoms with Crippen LogP contribution >= 0.6 is 11.3 Å². The molecule has 50 heavy (non-hydrogen) atoms. The maximum absolute atomic E-state index is 2.70. The maximum Gasteiger partial charge on any atom is 0.0640 e. The van der Waals surface area contributed by atoms with Crippen LogP contribution in [0.2, 0.25) is 0 Å². The normalized spacial score (nSPS) is 31.2. The van der Waals surface area contributed by atoms with Crippen LogP contribution in [0.1, 0.15) is 88.5 Å². The molecule has 5 aromatic carbocycles. The lowest BCUT2D eigenvalue weighted by atomic mass is 9.27. The quantitative estimate of drug-likeness (QED) is 0.182. The third-order valence-electron chi connectivity index (χ3n) is 15.6. The Morgan fingerprint density at radius 2 is 1.34 bits per heavy atom. The molecule has 1 nitrogen and oxygen atoms in total. The first-order chi connectivity index (χ1) is 24.2. The second-order valence-electron chi connectivity index (χ2n) is 18.4. The van der Waals surface area contributed by atoms with Gasteiger partial charge in [-0.25, -0.2) is 0 Å². The van der Waals surface area contributed by atoms with Gasteiger partial charge in [-0.15, -0.1) is 11.3 Å². The van der Waals surface area contributed by atoms with Crippen molar-refractivity contribution in [1.29, 1.82) is 0 Å². The SMILES string of the molecule is CC1(C)CCC(C)(C)c2c(N(c3ccc4c(c3)C3(c5ccccc5-4)C4CC5CC6CC3C64C5)c3cccc4c3sc3ccccc34)cccc21. The van der Waals surface area contributed by atoms with Crippen LogP contribution < -0.4 is 4.90 Å². The van der Waals surface area contributed by atoms with Crippen molar-refractivity contribution in [1.82, 2.24) is 0 Å². The lowest BCUT2D eigenvalue weighted by molar-refractivity contribution is -0.231. The van der Waals surface area contributed by atoms with Gasteiger partial charge in [0.05, 0.1) is 16.1 Å². The molecule has 0 aliphatic heterocycles. The Morgan fingerprint density at radius 3 is 2.24 bits per heavy atom. The Bertz CT molecular complexity index is 2460. The molecule has 6 aromatic rings. The maximum atomic E-state index is 2.70. The zero-order chi connectivity index (χ0) is 33.4. The minimum absolute atomic E-state index is 0.0757. The van der Waals surface area contributed by atoms with Gasteiger partial charge < -0.3 is 4.90 Å². The summed E-state index contributed by atoms with van der Waals surface area (Å²) in [7, 11) is 0. The van der Waals surface area contributed by atoms with E-state index in [1.165, 1.54) is 98.0 Å². The number of benzene rings is 5. The molecular weight excluding hydrogens is 623 g/mol. The van der Waals surface area contributed by atoms with Gasteiger partial charge in [0.1, 0.15) is 0 Å². The fraction of sp³-hybridized carbons (Fsp3) is 0.375. The fourth-order valence-electron chi connectivity index (χ4n) is 13.7. The van der Waals surface area contributed by atoms with Crippen LogP contribution in [0.5, 0.6) is 0 Å². The summed E-state index contributed by atoms with van der Waals surface area (Å²) in [6, 6.07) is 40.5. The summed E-state index contributed by atoms with van der Waals surface area (Å²) in [5.74, 6) is 3.56. The summed E-state index contributed by atoms with van der Waals surface area (Å²) < 4.78 is 2.75. The Hall–Kier alpha value is -3.88. The average molecular weight is 668 g/mol. The van der Waals surface area contributed by atoms with E-state index < -0.39 is 0 Å². The first-order valence-electron chi connectivity index (χ1n) is 19.3. The van der Waals surface area contributed by atoms with Gasteiger partial charge in [0.2, 0.25) is 0 Å². The number of thiophene rings is 1. The van der Waals surface area contributed by atoms with Gasteiger partial charge in [0.15, 0.2) is 0 Å². The van der Waals surface area contributed by atoms with Crippen LogP contribution in [0.15, 0.2) is 103 Å². The molecule has 0 amide bonds. The van der Waals surface area contributed by atoms with Gasteiger partial charge in [-0.1, -0.05) is 100 Å². The van der Waals surface area contributed by atoms with Crippen LogP contribution in [0.25, 0.3) is 31.3 Å². The van der Waals surface area contributed by atoms with E-state index in [0.717, 1.165) is 23.7 Å². The van der Waals surface area contributed by atoms with E-state index in [0.29, 0.717) is 5.41 Å². The van der Waals surface area contributed by atoms with Gasteiger partial charge in [-0.3, -0.25) is 0 Å². The van der Waals surface area contributed by atoms with Gasteiger partial charge in [0.25, 0.3) is 0 Å². The predicted molar refractivity (Wildman–Crippen MR) is 210 cm³/mol. The molecule has 12 rings (SSSR count). The molecule has 6 aliphatic rings. The molecule has 248 valence electrons. The zero-order valence-corrected chi connectivity index (χ0v) is 30.5. The van der Waals surface area contributed by atoms with Crippen molar-refractivity contribution in [2.75, 3.05) is 4.90 Å². The summed E-state index contributed by atoms with van der Waals surface area (Å²) >= 11 is 1.96. The van der Waals surface area contributed by atoms with E-state index in [2.05, 4.69) is 136 Å². The highest BCUT2D eigenvalue weighted by molar-refractivity contribution is 7.26. The number of hydrogen-bond donors (Lipinski definition) is 0. The average Bonchev–Trinajstić information content (AvgIpc) is 3.85. The molecule has 1 aromatic heterocycles. The molecule has 2 spiro atoms. The minimum atomic E-state index is 0.0757. The van der Waals surface area contributed by atoms with E-state index in [1.54, 1.807) is 11.1 Å². The van der Waals surface area contributed by atoms with Crippen molar-refractivity contribution in [2.45, 2.75) is 82.5 Å². The number of anilines is 3.